The third-order valence-corrected chi connectivity index (χ3v) is 3.88. The van der Waals surface area contributed by atoms with E-state index in [1.54, 1.807) is 25.1 Å². The molecule has 0 unspecified atom stereocenters. The highest BCUT2D eigenvalue weighted by Gasteiger charge is 2.32. The Hall–Kier alpha value is -2.08. The van der Waals surface area contributed by atoms with E-state index >= 15 is 0 Å². The summed E-state index contributed by atoms with van der Waals surface area (Å²) in [5.41, 5.74) is -0.144. The van der Waals surface area contributed by atoms with Crippen molar-refractivity contribution in [1.82, 2.24) is 0 Å². The summed E-state index contributed by atoms with van der Waals surface area (Å²) >= 11 is 0. The lowest BCUT2D eigenvalue weighted by Crippen LogP contribution is -2.42. The van der Waals surface area contributed by atoms with Crippen LogP contribution < -0.4 is 10.1 Å². The van der Waals surface area contributed by atoms with E-state index in [0.29, 0.717) is 31.1 Å². The van der Waals surface area contributed by atoms with E-state index in [1.165, 1.54) is 7.11 Å². The van der Waals surface area contributed by atoms with E-state index in [9.17, 15) is 9.59 Å². The molecule has 0 aliphatic heterocycles. The lowest BCUT2D eigenvalue weighted by molar-refractivity contribution is -0.139. The van der Waals surface area contributed by atoms with Crippen LogP contribution in [0.15, 0.2) is 18.2 Å². The summed E-state index contributed by atoms with van der Waals surface area (Å²) in [6, 6.07) is 4.92. The van der Waals surface area contributed by atoms with Gasteiger partial charge in [-0.3, -0.25) is 4.79 Å². The molecule has 0 saturated heterocycles. The molecule has 0 spiro atoms. The van der Waals surface area contributed by atoms with Gasteiger partial charge in [-0.05, 0) is 44.4 Å². The van der Waals surface area contributed by atoms with Gasteiger partial charge in [-0.1, -0.05) is 20.8 Å². The second kappa shape index (κ2) is 10.0. The molecule has 1 atom stereocenters. The number of benzene rings is 1. The Morgan fingerprint density at radius 3 is 2.36 bits per heavy atom. The summed E-state index contributed by atoms with van der Waals surface area (Å²) < 4.78 is 16.1. The third kappa shape index (κ3) is 5.74. The molecule has 25 heavy (non-hydrogen) atoms. The van der Waals surface area contributed by atoms with Crippen LogP contribution in [0.25, 0.3) is 0 Å². The van der Waals surface area contributed by atoms with E-state index in [2.05, 4.69) is 5.32 Å². The summed E-state index contributed by atoms with van der Waals surface area (Å²) in [6.07, 6.45) is 2.20. The molecule has 1 rings (SSSR count). The summed E-state index contributed by atoms with van der Waals surface area (Å²) in [4.78, 5) is 24.6. The van der Waals surface area contributed by atoms with Gasteiger partial charge < -0.3 is 19.5 Å². The number of nitrogens with one attached hydrogen (secondary N) is 1. The SMILES string of the molecule is CCCOc1ccc(NC(=O)[C@](C)(CC)OCCC)cc1C(=O)OC. The van der Waals surface area contributed by atoms with Gasteiger partial charge >= 0.3 is 5.97 Å². The van der Waals surface area contributed by atoms with Crippen molar-refractivity contribution < 1.29 is 23.8 Å². The maximum absolute atomic E-state index is 12.6. The molecule has 0 aliphatic carbocycles. The average molecular weight is 351 g/mol. The molecular formula is C19H29NO5. The second-order valence-electron chi connectivity index (χ2n) is 5.94. The van der Waals surface area contributed by atoms with Crippen molar-refractivity contribution in [3.05, 3.63) is 23.8 Å². The number of carbonyl (C=O) groups is 2. The van der Waals surface area contributed by atoms with Gasteiger partial charge in [0.15, 0.2) is 0 Å². The lowest BCUT2D eigenvalue weighted by Gasteiger charge is -2.27. The highest BCUT2D eigenvalue weighted by atomic mass is 16.5. The Kier molecular flexibility index (Phi) is 8.41. The molecule has 1 aromatic carbocycles. The van der Waals surface area contributed by atoms with Crippen LogP contribution in [0.5, 0.6) is 5.75 Å². The number of amides is 1. The van der Waals surface area contributed by atoms with Crippen LogP contribution in [0, 0.1) is 0 Å². The molecule has 1 N–H and O–H groups in total. The molecule has 6 heteroatoms. The first-order chi connectivity index (χ1) is 11.9. The predicted octanol–water partition coefficient (Wildman–Crippen LogP) is 3.80. The second-order valence-corrected chi connectivity index (χ2v) is 5.94. The van der Waals surface area contributed by atoms with Crippen LogP contribution in [-0.2, 0) is 14.3 Å². The number of esters is 1. The van der Waals surface area contributed by atoms with Gasteiger partial charge in [0, 0.05) is 12.3 Å². The van der Waals surface area contributed by atoms with Crippen molar-refractivity contribution >= 4 is 17.6 Å². The number of hydrogen-bond acceptors (Lipinski definition) is 5. The fourth-order valence-electron chi connectivity index (χ4n) is 2.13. The average Bonchev–Trinajstić information content (AvgIpc) is 2.64. The van der Waals surface area contributed by atoms with Crippen LogP contribution in [0.3, 0.4) is 0 Å². The Morgan fingerprint density at radius 2 is 1.80 bits per heavy atom. The number of anilines is 1. The Bertz CT molecular complexity index is 587. The van der Waals surface area contributed by atoms with Crippen molar-refractivity contribution in [2.75, 3.05) is 25.6 Å². The van der Waals surface area contributed by atoms with Crippen molar-refractivity contribution in [3.8, 4) is 5.75 Å². The fraction of sp³-hybridized carbons (Fsp3) is 0.579. The molecule has 0 aliphatic rings. The number of ether oxygens (including phenoxy) is 3. The van der Waals surface area contributed by atoms with Crippen molar-refractivity contribution in [2.45, 2.75) is 52.6 Å². The summed E-state index contributed by atoms with van der Waals surface area (Å²) in [7, 11) is 1.31. The van der Waals surface area contributed by atoms with E-state index < -0.39 is 11.6 Å². The van der Waals surface area contributed by atoms with Crippen molar-refractivity contribution in [3.63, 3.8) is 0 Å². The molecule has 0 heterocycles. The minimum absolute atomic E-state index is 0.249. The summed E-state index contributed by atoms with van der Waals surface area (Å²) in [6.45, 7) is 8.64. The standard InChI is InChI=1S/C19H29NO5/c1-6-11-24-16-10-9-14(13-15(16)17(21)23-5)20-18(22)19(4,8-3)25-12-7-2/h9-10,13H,6-8,11-12H2,1-5H3,(H,20,22)/t19-/m0/s1. The van der Waals surface area contributed by atoms with E-state index in [-0.39, 0.29) is 11.5 Å². The zero-order chi connectivity index (χ0) is 18.9. The molecule has 1 aromatic rings. The van der Waals surface area contributed by atoms with Gasteiger partial charge in [-0.25, -0.2) is 4.79 Å². The molecule has 1 amide bonds. The highest BCUT2D eigenvalue weighted by Crippen LogP contribution is 2.26. The molecule has 0 saturated carbocycles. The third-order valence-electron chi connectivity index (χ3n) is 3.88. The molecular weight excluding hydrogens is 322 g/mol. The van der Waals surface area contributed by atoms with E-state index in [0.717, 1.165) is 12.8 Å². The molecule has 0 radical (unpaired) electrons. The quantitative estimate of drug-likeness (QED) is 0.649. The van der Waals surface area contributed by atoms with Gasteiger partial charge in [-0.15, -0.1) is 0 Å². The van der Waals surface area contributed by atoms with Gasteiger partial charge in [0.05, 0.1) is 13.7 Å². The van der Waals surface area contributed by atoms with Gasteiger partial charge in [0.25, 0.3) is 5.91 Å². The number of methoxy groups -OCH3 is 1. The van der Waals surface area contributed by atoms with Gasteiger partial charge in [0.2, 0.25) is 0 Å². The Labute approximate surface area is 149 Å². The minimum Gasteiger partial charge on any atom is -0.493 e. The largest absolute Gasteiger partial charge is 0.493 e. The summed E-state index contributed by atoms with van der Waals surface area (Å²) in [5.74, 6) is -0.323. The fourth-order valence-corrected chi connectivity index (χ4v) is 2.13. The first-order valence-corrected chi connectivity index (χ1v) is 8.72. The number of carbonyl (C=O) groups excluding carboxylic acids is 2. The lowest BCUT2D eigenvalue weighted by atomic mass is 10.0. The predicted molar refractivity (Wildman–Crippen MR) is 97.1 cm³/mol. The Morgan fingerprint density at radius 1 is 1.12 bits per heavy atom. The van der Waals surface area contributed by atoms with Gasteiger partial charge in [-0.2, -0.15) is 0 Å². The maximum atomic E-state index is 12.6. The maximum Gasteiger partial charge on any atom is 0.341 e. The van der Waals surface area contributed by atoms with Crippen LogP contribution in [-0.4, -0.2) is 37.8 Å². The van der Waals surface area contributed by atoms with Crippen LogP contribution in [0.4, 0.5) is 5.69 Å². The van der Waals surface area contributed by atoms with Crippen LogP contribution in [0.1, 0.15) is 57.3 Å². The number of rotatable bonds is 10. The molecule has 0 fully saturated rings. The molecule has 6 nitrogen and oxygen atoms in total. The van der Waals surface area contributed by atoms with E-state index in [4.69, 9.17) is 14.2 Å². The molecule has 0 bridgehead atoms. The van der Waals surface area contributed by atoms with Crippen molar-refractivity contribution in [2.24, 2.45) is 0 Å². The Balaban J connectivity index is 3.01. The van der Waals surface area contributed by atoms with Crippen LogP contribution >= 0.6 is 0 Å². The number of hydrogen-bond donors (Lipinski definition) is 1. The van der Waals surface area contributed by atoms with Crippen LogP contribution in [0.2, 0.25) is 0 Å². The topological polar surface area (TPSA) is 73.9 Å². The monoisotopic (exact) mass is 351 g/mol. The van der Waals surface area contributed by atoms with E-state index in [1.807, 2.05) is 20.8 Å². The van der Waals surface area contributed by atoms with Crippen molar-refractivity contribution in [1.29, 1.82) is 0 Å². The normalized spacial score (nSPS) is 13.0. The first-order valence-electron chi connectivity index (χ1n) is 8.72. The summed E-state index contributed by atoms with van der Waals surface area (Å²) in [5, 5.41) is 2.82. The zero-order valence-electron chi connectivity index (χ0n) is 15.8. The zero-order valence-corrected chi connectivity index (χ0v) is 15.8. The highest BCUT2D eigenvalue weighted by molar-refractivity contribution is 5.99. The smallest absolute Gasteiger partial charge is 0.341 e. The molecule has 0 aromatic heterocycles. The first kappa shape index (κ1) is 21.0. The van der Waals surface area contributed by atoms with Gasteiger partial charge in [0.1, 0.15) is 16.9 Å². The molecule has 140 valence electrons. The minimum atomic E-state index is -0.918.